The van der Waals surface area contributed by atoms with Crippen molar-refractivity contribution in [2.45, 2.75) is 76.3 Å². The molecule has 2 N–H and O–H groups in total. The van der Waals surface area contributed by atoms with Crippen LogP contribution < -0.4 is 15.1 Å². The lowest BCUT2D eigenvalue weighted by molar-refractivity contribution is -0.270. The number of ether oxygens (including phenoxy) is 4. The predicted octanol–water partition coefficient (Wildman–Crippen LogP) is 6.44. The van der Waals surface area contributed by atoms with Gasteiger partial charge >= 0.3 is 10.3 Å². The molecule has 284 valence electrons. The Morgan fingerprint density at radius 3 is 1.46 bits per heavy atom. The molecule has 0 bridgehead atoms. The molecule has 54 heavy (non-hydrogen) atoms. The topological polar surface area (TPSA) is 113 Å². The van der Waals surface area contributed by atoms with Crippen LogP contribution in [-0.2, 0) is 53.5 Å². The maximum atomic E-state index is 12.9. The van der Waals surface area contributed by atoms with Crippen molar-refractivity contribution in [3.8, 4) is 0 Å². The van der Waals surface area contributed by atoms with Gasteiger partial charge in [-0.05, 0) is 32.1 Å². The third-order valence-corrected chi connectivity index (χ3v) is 15.2. The molecule has 1 saturated heterocycles. The molecule has 0 aliphatic carbocycles. The first-order chi connectivity index (χ1) is 26.0. The minimum Gasteiger partial charge on any atom is -0.381 e. The van der Waals surface area contributed by atoms with Gasteiger partial charge in [0.25, 0.3) is 8.32 Å². The summed E-state index contributed by atoms with van der Waals surface area (Å²) in [4.78, 5) is 0. The van der Waals surface area contributed by atoms with E-state index >= 15 is 0 Å². The Hall–Kier alpha value is -4.01. The Morgan fingerprint density at radius 2 is 1.04 bits per heavy atom. The summed E-state index contributed by atoms with van der Waals surface area (Å²) in [6, 6.07) is 47.9. The highest BCUT2D eigenvalue weighted by atomic mass is 32.2. The molecule has 0 amide bonds. The summed E-state index contributed by atoms with van der Waals surface area (Å²) in [5.41, 5.74) is 2.77. The SMILES string of the molecule is CC(C)(C)[Si](O[C@@H]1O[C@H](COCc2ccccc2)[C@@H](OCc2ccccc2)[C@H](OCc2ccccc2)[C@H]1NS(=O)(=O)O)(c1ccccc1)c1ccccc1. The first kappa shape index (κ1) is 39.7. The lowest BCUT2D eigenvalue weighted by Crippen LogP contribution is -2.73. The average molecular weight is 768 g/mol. The zero-order chi connectivity index (χ0) is 38.0. The molecule has 0 radical (unpaired) electrons. The standard InChI is InChI=1S/C43H49NO8SSi/c1-43(2,3)54(36-25-15-7-16-26-36,37-27-17-8-18-28-37)52-42-39(44-53(45,46)47)41(50-31-35-23-13-6-14-24-35)40(49-30-34-21-11-5-12-22-34)38(51-42)32-48-29-33-19-9-4-10-20-33/h4-28,38-42,44H,29-32H2,1-3H3,(H,45,46,47)/t38-,39-,40-,41-,42+/m1/s1. The van der Waals surface area contributed by atoms with E-state index in [9.17, 15) is 13.0 Å². The minimum absolute atomic E-state index is 0.0821. The van der Waals surface area contributed by atoms with E-state index in [1.807, 2.05) is 152 Å². The molecule has 1 fully saturated rings. The summed E-state index contributed by atoms with van der Waals surface area (Å²) in [5.74, 6) is 0. The molecule has 1 aliphatic heterocycles. The summed E-state index contributed by atoms with van der Waals surface area (Å²) >= 11 is 0. The van der Waals surface area contributed by atoms with Gasteiger partial charge in [-0.3, -0.25) is 4.55 Å². The zero-order valence-corrected chi connectivity index (χ0v) is 32.7. The quantitative estimate of drug-likeness (QED) is 0.0873. The largest absolute Gasteiger partial charge is 0.381 e. The van der Waals surface area contributed by atoms with Gasteiger partial charge in [-0.2, -0.15) is 13.1 Å². The highest BCUT2D eigenvalue weighted by molar-refractivity contribution is 7.83. The van der Waals surface area contributed by atoms with Crippen LogP contribution in [0.4, 0.5) is 0 Å². The van der Waals surface area contributed by atoms with E-state index in [0.29, 0.717) is 6.61 Å². The Kier molecular flexibility index (Phi) is 13.3. The van der Waals surface area contributed by atoms with Crippen molar-refractivity contribution in [2.24, 2.45) is 0 Å². The molecule has 5 aromatic carbocycles. The fourth-order valence-electron chi connectivity index (χ4n) is 7.10. The van der Waals surface area contributed by atoms with Crippen molar-refractivity contribution in [3.05, 3.63) is 168 Å². The van der Waals surface area contributed by atoms with E-state index in [2.05, 4.69) is 25.5 Å². The summed E-state index contributed by atoms with van der Waals surface area (Å²) in [6.07, 6.45) is -3.89. The van der Waals surface area contributed by atoms with Gasteiger partial charge in [0.2, 0.25) is 0 Å². The third-order valence-electron chi connectivity index (χ3n) is 9.61. The molecule has 5 atom stereocenters. The van der Waals surface area contributed by atoms with Gasteiger partial charge in [0.05, 0.1) is 26.4 Å². The van der Waals surface area contributed by atoms with Gasteiger partial charge in [0.1, 0.15) is 24.4 Å². The highest BCUT2D eigenvalue weighted by Crippen LogP contribution is 2.40. The van der Waals surface area contributed by atoms with Crippen LogP contribution in [0.1, 0.15) is 37.5 Å². The second-order valence-electron chi connectivity index (χ2n) is 14.5. The Balaban J connectivity index is 1.46. The van der Waals surface area contributed by atoms with E-state index in [1.165, 1.54) is 0 Å². The average Bonchev–Trinajstić information content (AvgIpc) is 3.17. The van der Waals surface area contributed by atoms with E-state index in [-0.39, 0.29) is 19.8 Å². The van der Waals surface area contributed by atoms with E-state index in [4.69, 9.17) is 23.4 Å². The number of hydrogen-bond acceptors (Lipinski definition) is 7. The molecule has 0 aromatic heterocycles. The molecule has 11 heteroatoms. The van der Waals surface area contributed by atoms with Crippen molar-refractivity contribution in [3.63, 3.8) is 0 Å². The van der Waals surface area contributed by atoms with Gasteiger partial charge in [-0.25, -0.2) is 0 Å². The normalized spacial score (nSPS) is 20.8. The van der Waals surface area contributed by atoms with Crippen LogP contribution in [0.15, 0.2) is 152 Å². The summed E-state index contributed by atoms with van der Waals surface area (Å²) < 4.78 is 72.7. The monoisotopic (exact) mass is 767 g/mol. The van der Waals surface area contributed by atoms with Crippen LogP contribution >= 0.6 is 0 Å². The second-order valence-corrected chi connectivity index (χ2v) is 19.9. The van der Waals surface area contributed by atoms with Crippen LogP contribution in [0.5, 0.6) is 0 Å². The maximum Gasteiger partial charge on any atom is 0.333 e. The third kappa shape index (κ3) is 9.99. The molecule has 9 nitrogen and oxygen atoms in total. The van der Waals surface area contributed by atoms with E-state index in [1.54, 1.807) is 0 Å². The highest BCUT2D eigenvalue weighted by Gasteiger charge is 2.57. The fourth-order valence-corrected chi connectivity index (χ4v) is 12.3. The summed E-state index contributed by atoms with van der Waals surface area (Å²) in [6.45, 7) is 7.10. The van der Waals surface area contributed by atoms with Gasteiger partial charge in [-0.15, -0.1) is 0 Å². The molecular weight excluding hydrogens is 719 g/mol. The lowest BCUT2D eigenvalue weighted by Gasteiger charge is -2.51. The van der Waals surface area contributed by atoms with Crippen molar-refractivity contribution in [1.82, 2.24) is 4.72 Å². The molecule has 0 unspecified atom stereocenters. The molecule has 1 heterocycles. The number of benzene rings is 5. The van der Waals surface area contributed by atoms with Crippen LogP contribution in [0.25, 0.3) is 0 Å². The van der Waals surface area contributed by atoms with Gasteiger partial charge in [-0.1, -0.05) is 172 Å². The second kappa shape index (κ2) is 18.1. The molecule has 5 aromatic rings. The van der Waals surface area contributed by atoms with Crippen LogP contribution in [-0.4, -0.2) is 58.5 Å². The van der Waals surface area contributed by atoms with Crippen LogP contribution in [0, 0.1) is 0 Å². The van der Waals surface area contributed by atoms with Crippen molar-refractivity contribution < 1.29 is 36.3 Å². The van der Waals surface area contributed by atoms with E-state index < -0.39 is 54.3 Å². The minimum atomic E-state index is -4.82. The molecule has 6 rings (SSSR count). The Morgan fingerprint density at radius 1 is 0.630 bits per heavy atom. The Labute approximate surface area is 320 Å². The van der Waals surface area contributed by atoms with Crippen molar-refractivity contribution in [2.75, 3.05) is 6.61 Å². The first-order valence-corrected chi connectivity index (χ1v) is 21.5. The molecule has 0 saturated carbocycles. The smallest absolute Gasteiger partial charge is 0.333 e. The lowest BCUT2D eigenvalue weighted by atomic mass is 9.97. The fraction of sp³-hybridized carbons (Fsp3) is 0.302. The van der Waals surface area contributed by atoms with Crippen molar-refractivity contribution >= 4 is 29.0 Å². The van der Waals surface area contributed by atoms with Gasteiger partial charge in [0, 0.05) is 0 Å². The predicted molar refractivity (Wildman–Crippen MR) is 212 cm³/mol. The van der Waals surface area contributed by atoms with Gasteiger partial charge < -0.3 is 23.4 Å². The van der Waals surface area contributed by atoms with Crippen LogP contribution in [0.3, 0.4) is 0 Å². The number of rotatable bonds is 16. The summed E-state index contributed by atoms with van der Waals surface area (Å²) in [7, 11) is -8.17. The molecule has 0 spiro atoms. The zero-order valence-electron chi connectivity index (χ0n) is 30.9. The van der Waals surface area contributed by atoms with Gasteiger partial charge in [0.15, 0.2) is 6.29 Å². The van der Waals surface area contributed by atoms with Crippen LogP contribution in [0.2, 0.25) is 5.04 Å². The Bertz CT molecular complexity index is 1930. The molecule has 1 aliphatic rings. The number of hydrogen-bond donors (Lipinski definition) is 2. The summed E-state index contributed by atoms with van der Waals surface area (Å²) in [5, 5.41) is 1.46. The van der Waals surface area contributed by atoms with Crippen molar-refractivity contribution in [1.29, 1.82) is 0 Å². The first-order valence-electron chi connectivity index (χ1n) is 18.2. The van der Waals surface area contributed by atoms with E-state index in [0.717, 1.165) is 27.1 Å². The maximum absolute atomic E-state index is 12.9. The molecular formula is C43H49NO8SSi. The number of nitrogens with one attached hydrogen (secondary N) is 1.